The normalized spacial score (nSPS) is 16.0. The fourth-order valence-electron chi connectivity index (χ4n) is 2.87. The summed E-state index contributed by atoms with van der Waals surface area (Å²) in [5.41, 5.74) is 4.46. The molecule has 1 aliphatic rings. The van der Waals surface area contributed by atoms with E-state index in [1.54, 1.807) is 11.2 Å². The van der Waals surface area contributed by atoms with Gasteiger partial charge in [0.1, 0.15) is 0 Å². The summed E-state index contributed by atoms with van der Waals surface area (Å²) in [5, 5.41) is 3.32. The molecule has 110 valence electrons. The molecule has 0 radical (unpaired) electrons. The standard InChI is InChI=1S/C16H17BrN2O2/c1-18-15(12-7-8-21-16(12)17)11-3-5-13-10(9-11)4-6-14(20)19(13)2/h3,5,7-9,15,18H,4,6H2,1-2H3. The molecule has 1 N–H and O–H groups in total. The van der Waals surface area contributed by atoms with E-state index < -0.39 is 0 Å². The molecule has 1 unspecified atom stereocenters. The predicted molar refractivity (Wildman–Crippen MR) is 85.5 cm³/mol. The summed E-state index contributed by atoms with van der Waals surface area (Å²) in [4.78, 5) is 13.5. The van der Waals surface area contributed by atoms with Crippen molar-refractivity contribution in [2.24, 2.45) is 0 Å². The zero-order valence-electron chi connectivity index (χ0n) is 12.0. The first-order chi connectivity index (χ1) is 10.1. The van der Waals surface area contributed by atoms with Crippen LogP contribution in [0.15, 0.2) is 39.6 Å². The summed E-state index contributed by atoms with van der Waals surface area (Å²) < 4.78 is 6.08. The number of furan rings is 1. The number of amides is 1. The zero-order chi connectivity index (χ0) is 15.0. The lowest BCUT2D eigenvalue weighted by molar-refractivity contribution is -0.118. The van der Waals surface area contributed by atoms with Crippen LogP contribution in [0.1, 0.15) is 29.2 Å². The maximum Gasteiger partial charge on any atom is 0.227 e. The number of anilines is 1. The third kappa shape index (κ3) is 2.51. The maximum absolute atomic E-state index is 11.8. The van der Waals surface area contributed by atoms with Gasteiger partial charge < -0.3 is 14.6 Å². The fraction of sp³-hybridized carbons (Fsp3) is 0.312. The molecular formula is C16H17BrN2O2. The van der Waals surface area contributed by atoms with Gasteiger partial charge >= 0.3 is 0 Å². The number of fused-ring (bicyclic) bond motifs is 1. The first-order valence-electron chi connectivity index (χ1n) is 6.91. The monoisotopic (exact) mass is 348 g/mol. The van der Waals surface area contributed by atoms with Gasteiger partial charge in [0.25, 0.3) is 0 Å². The molecule has 1 atom stereocenters. The molecular weight excluding hydrogens is 332 g/mol. The van der Waals surface area contributed by atoms with Crippen molar-refractivity contribution in [1.82, 2.24) is 5.32 Å². The molecule has 1 aromatic carbocycles. The van der Waals surface area contributed by atoms with Crippen LogP contribution in [0.3, 0.4) is 0 Å². The second-order valence-electron chi connectivity index (χ2n) is 5.21. The molecule has 1 aromatic heterocycles. The summed E-state index contributed by atoms with van der Waals surface area (Å²) >= 11 is 3.44. The minimum atomic E-state index is 0.0614. The molecule has 0 saturated carbocycles. The smallest absolute Gasteiger partial charge is 0.227 e. The van der Waals surface area contributed by atoms with Crippen molar-refractivity contribution in [3.8, 4) is 0 Å². The van der Waals surface area contributed by atoms with Gasteiger partial charge in [-0.2, -0.15) is 0 Å². The number of nitrogens with zero attached hydrogens (tertiary/aromatic N) is 1. The van der Waals surface area contributed by atoms with Crippen LogP contribution in [-0.2, 0) is 11.2 Å². The van der Waals surface area contributed by atoms with Gasteiger partial charge in [0.2, 0.25) is 5.91 Å². The average molecular weight is 349 g/mol. The third-order valence-corrected chi connectivity index (χ3v) is 4.67. The van der Waals surface area contributed by atoms with Crippen LogP contribution in [0.5, 0.6) is 0 Å². The van der Waals surface area contributed by atoms with E-state index in [0.717, 1.165) is 22.3 Å². The third-order valence-electron chi connectivity index (χ3n) is 4.03. The van der Waals surface area contributed by atoms with E-state index in [1.165, 1.54) is 11.1 Å². The van der Waals surface area contributed by atoms with E-state index >= 15 is 0 Å². The van der Waals surface area contributed by atoms with Gasteiger partial charge in [-0.1, -0.05) is 12.1 Å². The topological polar surface area (TPSA) is 45.5 Å². The van der Waals surface area contributed by atoms with Crippen molar-refractivity contribution < 1.29 is 9.21 Å². The van der Waals surface area contributed by atoms with Gasteiger partial charge in [-0.15, -0.1) is 0 Å². The molecule has 0 fully saturated rings. The summed E-state index contributed by atoms with van der Waals surface area (Å²) in [6.45, 7) is 0. The second-order valence-corrected chi connectivity index (χ2v) is 5.93. The fourth-order valence-corrected chi connectivity index (χ4v) is 3.34. The molecule has 21 heavy (non-hydrogen) atoms. The highest BCUT2D eigenvalue weighted by molar-refractivity contribution is 9.10. The van der Waals surface area contributed by atoms with Gasteiger partial charge in [-0.05, 0) is 52.7 Å². The lowest BCUT2D eigenvalue weighted by Gasteiger charge is -2.27. The minimum absolute atomic E-state index is 0.0614. The Labute approximate surface area is 132 Å². The predicted octanol–water partition coefficient (Wildman–Crippen LogP) is 3.26. The molecule has 1 aliphatic heterocycles. The van der Waals surface area contributed by atoms with Crippen molar-refractivity contribution >= 4 is 27.5 Å². The summed E-state index contributed by atoms with van der Waals surface area (Å²) in [6, 6.07) is 8.29. The Balaban J connectivity index is 2.00. The quantitative estimate of drug-likeness (QED) is 0.925. The number of aryl methyl sites for hydroxylation is 1. The van der Waals surface area contributed by atoms with E-state index in [9.17, 15) is 4.79 Å². The maximum atomic E-state index is 11.8. The molecule has 2 heterocycles. The number of hydrogen-bond donors (Lipinski definition) is 1. The molecule has 3 rings (SSSR count). The van der Waals surface area contributed by atoms with Crippen LogP contribution < -0.4 is 10.2 Å². The highest BCUT2D eigenvalue weighted by atomic mass is 79.9. The number of benzene rings is 1. The Morgan fingerprint density at radius 1 is 1.33 bits per heavy atom. The Kier molecular flexibility index (Phi) is 3.87. The summed E-state index contributed by atoms with van der Waals surface area (Å²) in [6.07, 6.45) is 3.05. The first kappa shape index (κ1) is 14.4. The number of rotatable bonds is 3. The molecule has 0 saturated heterocycles. The Morgan fingerprint density at radius 3 is 2.81 bits per heavy atom. The van der Waals surface area contributed by atoms with Crippen molar-refractivity contribution in [3.63, 3.8) is 0 Å². The summed E-state index contributed by atoms with van der Waals surface area (Å²) in [5.74, 6) is 0.179. The van der Waals surface area contributed by atoms with Crippen LogP contribution in [-0.4, -0.2) is 20.0 Å². The van der Waals surface area contributed by atoms with Gasteiger partial charge in [0.05, 0.1) is 12.3 Å². The number of nitrogens with one attached hydrogen (secondary N) is 1. The highest BCUT2D eigenvalue weighted by Crippen LogP contribution is 2.33. The van der Waals surface area contributed by atoms with Gasteiger partial charge in [-0.3, -0.25) is 4.79 Å². The lowest BCUT2D eigenvalue weighted by atomic mass is 9.94. The number of halogens is 1. The van der Waals surface area contributed by atoms with Gasteiger partial charge in [-0.25, -0.2) is 0 Å². The number of carbonyl (C=O) groups excluding carboxylic acids is 1. The van der Waals surface area contributed by atoms with Crippen molar-refractivity contribution in [2.45, 2.75) is 18.9 Å². The lowest BCUT2D eigenvalue weighted by Crippen LogP contribution is -2.31. The molecule has 0 bridgehead atoms. The van der Waals surface area contributed by atoms with Crippen LogP contribution in [0.4, 0.5) is 5.69 Å². The molecule has 0 aliphatic carbocycles. The van der Waals surface area contributed by atoms with E-state index in [2.05, 4.69) is 33.4 Å². The molecule has 0 spiro atoms. The van der Waals surface area contributed by atoms with Gasteiger partial charge in [0, 0.05) is 24.7 Å². The van der Waals surface area contributed by atoms with Crippen LogP contribution in [0.2, 0.25) is 0 Å². The summed E-state index contributed by atoms with van der Waals surface area (Å²) in [7, 11) is 3.77. The zero-order valence-corrected chi connectivity index (χ0v) is 13.6. The largest absolute Gasteiger partial charge is 0.457 e. The Morgan fingerprint density at radius 2 is 2.14 bits per heavy atom. The second kappa shape index (κ2) is 5.66. The minimum Gasteiger partial charge on any atom is -0.457 e. The van der Waals surface area contributed by atoms with E-state index in [0.29, 0.717) is 6.42 Å². The van der Waals surface area contributed by atoms with Crippen molar-refractivity contribution in [1.29, 1.82) is 0 Å². The van der Waals surface area contributed by atoms with Crippen LogP contribution in [0.25, 0.3) is 0 Å². The van der Waals surface area contributed by atoms with E-state index in [-0.39, 0.29) is 11.9 Å². The molecule has 5 heteroatoms. The Hall–Kier alpha value is -1.59. The molecule has 2 aromatic rings. The van der Waals surface area contributed by atoms with Crippen LogP contribution >= 0.6 is 15.9 Å². The van der Waals surface area contributed by atoms with Crippen molar-refractivity contribution in [2.75, 3.05) is 19.0 Å². The number of carbonyl (C=O) groups is 1. The SMILES string of the molecule is CNC(c1ccc2c(c1)CCC(=O)N2C)c1ccoc1Br. The van der Waals surface area contributed by atoms with E-state index in [1.807, 2.05) is 26.2 Å². The van der Waals surface area contributed by atoms with E-state index in [4.69, 9.17) is 4.42 Å². The molecule has 4 nitrogen and oxygen atoms in total. The molecule has 1 amide bonds. The number of hydrogen-bond acceptors (Lipinski definition) is 3. The first-order valence-corrected chi connectivity index (χ1v) is 7.70. The Bertz CT molecular complexity index is 681. The van der Waals surface area contributed by atoms with Crippen LogP contribution in [0, 0.1) is 0 Å². The van der Waals surface area contributed by atoms with Gasteiger partial charge in [0.15, 0.2) is 4.67 Å². The van der Waals surface area contributed by atoms with Crippen molar-refractivity contribution in [3.05, 3.63) is 51.9 Å². The average Bonchev–Trinajstić information content (AvgIpc) is 2.90. The highest BCUT2D eigenvalue weighted by Gasteiger charge is 2.23.